The van der Waals surface area contributed by atoms with Crippen LogP contribution in [0.3, 0.4) is 0 Å². The molecule has 29 heavy (non-hydrogen) atoms. The standard InChI is InChI=1S/C23H29ClN2O2S/c1-3-21(23(28)25-4-2)26(16-19-12-8-9-13-20(19)24)22(27)14-15-29-17-18-10-6-5-7-11-18/h5-13,21H,3-4,14-17H2,1-2H3,(H,25,28)/t21-/m0/s1. The number of thioether (sulfide) groups is 1. The summed E-state index contributed by atoms with van der Waals surface area (Å²) in [6.07, 6.45) is 0.942. The highest BCUT2D eigenvalue weighted by atomic mass is 35.5. The summed E-state index contributed by atoms with van der Waals surface area (Å²) in [6, 6.07) is 17.2. The Labute approximate surface area is 183 Å². The lowest BCUT2D eigenvalue weighted by Crippen LogP contribution is -2.49. The van der Waals surface area contributed by atoms with Crippen molar-refractivity contribution >= 4 is 35.2 Å². The molecule has 2 aromatic carbocycles. The lowest BCUT2D eigenvalue weighted by Gasteiger charge is -2.31. The lowest BCUT2D eigenvalue weighted by atomic mass is 10.1. The van der Waals surface area contributed by atoms with Crippen molar-refractivity contribution in [1.82, 2.24) is 10.2 Å². The SMILES string of the molecule is CCNC(=O)[C@H](CC)N(Cc1ccccc1Cl)C(=O)CCSCc1ccccc1. The third kappa shape index (κ3) is 7.41. The number of hydrogen-bond donors (Lipinski definition) is 1. The van der Waals surface area contributed by atoms with E-state index in [4.69, 9.17) is 11.6 Å². The highest BCUT2D eigenvalue weighted by molar-refractivity contribution is 7.98. The van der Waals surface area contributed by atoms with Gasteiger partial charge in [-0.05, 0) is 30.5 Å². The Morgan fingerprint density at radius 2 is 1.76 bits per heavy atom. The minimum atomic E-state index is -0.502. The third-order valence-electron chi connectivity index (χ3n) is 4.61. The summed E-state index contributed by atoms with van der Waals surface area (Å²) in [5, 5.41) is 3.46. The zero-order chi connectivity index (χ0) is 21.1. The first kappa shape index (κ1) is 23.3. The molecule has 156 valence electrons. The van der Waals surface area contributed by atoms with E-state index in [1.807, 2.05) is 56.3 Å². The summed E-state index contributed by atoms with van der Waals surface area (Å²) in [7, 11) is 0. The number of carbonyl (C=O) groups is 2. The molecule has 0 heterocycles. The molecule has 0 aliphatic rings. The van der Waals surface area contributed by atoms with Crippen molar-refractivity contribution in [3.8, 4) is 0 Å². The third-order valence-corrected chi connectivity index (χ3v) is 6.01. The predicted octanol–water partition coefficient (Wildman–Crippen LogP) is 4.91. The molecule has 6 heteroatoms. The van der Waals surface area contributed by atoms with Gasteiger partial charge in [0, 0.05) is 36.0 Å². The Morgan fingerprint density at radius 1 is 1.07 bits per heavy atom. The van der Waals surface area contributed by atoms with Gasteiger partial charge in [-0.3, -0.25) is 9.59 Å². The topological polar surface area (TPSA) is 49.4 Å². The molecule has 0 aliphatic heterocycles. The minimum absolute atomic E-state index is 0.0245. The largest absolute Gasteiger partial charge is 0.355 e. The average Bonchev–Trinajstić information content (AvgIpc) is 2.73. The molecule has 0 saturated carbocycles. The van der Waals surface area contributed by atoms with E-state index in [1.165, 1.54) is 5.56 Å². The van der Waals surface area contributed by atoms with Crippen LogP contribution in [0.25, 0.3) is 0 Å². The van der Waals surface area contributed by atoms with Crippen LogP contribution in [0.15, 0.2) is 54.6 Å². The number of nitrogens with zero attached hydrogens (tertiary/aromatic N) is 1. The summed E-state index contributed by atoms with van der Waals surface area (Å²) >= 11 is 8.04. The molecule has 0 spiro atoms. The molecule has 0 aromatic heterocycles. The molecule has 2 amide bonds. The fourth-order valence-corrected chi connectivity index (χ4v) is 4.18. The monoisotopic (exact) mass is 432 g/mol. The first-order chi connectivity index (χ1) is 14.1. The molecule has 0 radical (unpaired) electrons. The van der Waals surface area contributed by atoms with Crippen LogP contribution in [0.4, 0.5) is 0 Å². The summed E-state index contributed by atoms with van der Waals surface area (Å²) in [6.45, 7) is 4.68. The molecule has 0 saturated heterocycles. The van der Waals surface area contributed by atoms with Crippen molar-refractivity contribution in [2.75, 3.05) is 12.3 Å². The Kier molecular flexibility index (Phi) is 10.1. The van der Waals surface area contributed by atoms with Gasteiger partial charge >= 0.3 is 0 Å². The Morgan fingerprint density at radius 3 is 2.41 bits per heavy atom. The van der Waals surface area contributed by atoms with Crippen LogP contribution >= 0.6 is 23.4 Å². The summed E-state index contributed by atoms with van der Waals surface area (Å²) < 4.78 is 0. The normalized spacial score (nSPS) is 11.7. The molecular formula is C23H29ClN2O2S. The highest BCUT2D eigenvalue weighted by Crippen LogP contribution is 2.21. The molecule has 0 aliphatic carbocycles. The molecule has 2 rings (SSSR count). The van der Waals surface area contributed by atoms with Gasteiger partial charge in [0.1, 0.15) is 6.04 Å². The van der Waals surface area contributed by atoms with Gasteiger partial charge in [0.2, 0.25) is 11.8 Å². The first-order valence-corrected chi connectivity index (χ1v) is 11.5. The van der Waals surface area contributed by atoms with E-state index in [9.17, 15) is 9.59 Å². The van der Waals surface area contributed by atoms with Crippen LogP contribution in [0.2, 0.25) is 5.02 Å². The predicted molar refractivity (Wildman–Crippen MR) is 122 cm³/mol. The maximum absolute atomic E-state index is 13.1. The van der Waals surface area contributed by atoms with Crippen LogP contribution in [0, 0.1) is 0 Å². The molecule has 0 bridgehead atoms. The van der Waals surface area contributed by atoms with Crippen molar-refractivity contribution in [2.24, 2.45) is 0 Å². The fraction of sp³-hybridized carbons (Fsp3) is 0.391. The number of halogens is 1. The Hall–Kier alpha value is -1.98. The van der Waals surface area contributed by atoms with Crippen molar-refractivity contribution < 1.29 is 9.59 Å². The van der Waals surface area contributed by atoms with Gasteiger partial charge in [-0.1, -0.05) is 67.1 Å². The quantitative estimate of drug-likeness (QED) is 0.513. The van der Waals surface area contributed by atoms with Crippen molar-refractivity contribution in [3.05, 3.63) is 70.7 Å². The second-order valence-corrected chi connectivity index (χ2v) is 8.23. The van der Waals surface area contributed by atoms with E-state index < -0.39 is 6.04 Å². The van der Waals surface area contributed by atoms with E-state index in [2.05, 4.69) is 17.4 Å². The van der Waals surface area contributed by atoms with Gasteiger partial charge in [0.05, 0.1) is 0 Å². The number of benzene rings is 2. The second kappa shape index (κ2) is 12.6. The molecule has 1 N–H and O–H groups in total. The first-order valence-electron chi connectivity index (χ1n) is 9.99. The molecule has 4 nitrogen and oxygen atoms in total. The van der Waals surface area contributed by atoms with Gasteiger partial charge in [-0.25, -0.2) is 0 Å². The number of carbonyl (C=O) groups excluding carboxylic acids is 2. The molecule has 2 aromatic rings. The van der Waals surface area contributed by atoms with E-state index in [0.29, 0.717) is 36.7 Å². The number of amides is 2. The van der Waals surface area contributed by atoms with Gasteiger partial charge in [0.15, 0.2) is 0 Å². The van der Waals surface area contributed by atoms with E-state index in [-0.39, 0.29) is 11.8 Å². The van der Waals surface area contributed by atoms with Gasteiger partial charge in [0.25, 0.3) is 0 Å². The number of likely N-dealkylation sites (N-methyl/N-ethyl adjacent to an activating group) is 1. The van der Waals surface area contributed by atoms with Crippen LogP contribution in [0.5, 0.6) is 0 Å². The van der Waals surface area contributed by atoms with E-state index in [0.717, 1.165) is 11.3 Å². The van der Waals surface area contributed by atoms with Crippen LogP contribution in [-0.4, -0.2) is 35.1 Å². The van der Waals surface area contributed by atoms with E-state index >= 15 is 0 Å². The minimum Gasteiger partial charge on any atom is -0.355 e. The van der Waals surface area contributed by atoms with Gasteiger partial charge in [-0.2, -0.15) is 11.8 Å². The number of nitrogens with one attached hydrogen (secondary N) is 1. The molecule has 0 fully saturated rings. The number of hydrogen-bond acceptors (Lipinski definition) is 3. The Bertz CT molecular complexity index is 785. The molecular weight excluding hydrogens is 404 g/mol. The maximum Gasteiger partial charge on any atom is 0.242 e. The molecule has 1 atom stereocenters. The van der Waals surface area contributed by atoms with Crippen LogP contribution < -0.4 is 5.32 Å². The van der Waals surface area contributed by atoms with Crippen LogP contribution in [-0.2, 0) is 21.9 Å². The zero-order valence-electron chi connectivity index (χ0n) is 17.1. The van der Waals surface area contributed by atoms with Gasteiger partial charge in [-0.15, -0.1) is 0 Å². The average molecular weight is 433 g/mol. The molecule has 0 unspecified atom stereocenters. The summed E-state index contributed by atoms with van der Waals surface area (Å²) in [5.74, 6) is 1.43. The smallest absolute Gasteiger partial charge is 0.242 e. The highest BCUT2D eigenvalue weighted by Gasteiger charge is 2.28. The lowest BCUT2D eigenvalue weighted by molar-refractivity contribution is -0.141. The Balaban J connectivity index is 2.05. The second-order valence-electron chi connectivity index (χ2n) is 6.72. The van der Waals surface area contributed by atoms with E-state index in [1.54, 1.807) is 16.7 Å². The summed E-state index contributed by atoms with van der Waals surface area (Å²) in [5.41, 5.74) is 2.09. The maximum atomic E-state index is 13.1. The number of rotatable bonds is 11. The van der Waals surface area contributed by atoms with Crippen molar-refractivity contribution in [3.63, 3.8) is 0 Å². The van der Waals surface area contributed by atoms with Crippen molar-refractivity contribution in [2.45, 2.75) is 45.0 Å². The van der Waals surface area contributed by atoms with Gasteiger partial charge < -0.3 is 10.2 Å². The van der Waals surface area contributed by atoms with Crippen LogP contribution in [0.1, 0.15) is 37.8 Å². The zero-order valence-corrected chi connectivity index (χ0v) is 18.6. The fourth-order valence-electron chi connectivity index (χ4n) is 3.09. The summed E-state index contributed by atoms with van der Waals surface area (Å²) in [4.78, 5) is 27.3. The van der Waals surface area contributed by atoms with Crippen molar-refractivity contribution in [1.29, 1.82) is 0 Å².